The molecule has 0 rings (SSSR count). The lowest BCUT2D eigenvalue weighted by Gasteiger charge is -2.18. The summed E-state index contributed by atoms with van der Waals surface area (Å²) in [6, 6.07) is 0. The number of rotatable bonds is 5. The largest absolute Gasteiger partial charge is 0.393 e. The van der Waals surface area contributed by atoms with Gasteiger partial charge in [-0.05, 0) is 20.3 Å². The zero-order valence-corrected chi connectivity index (χ0v) is 7.51. The maximum absolute atomic E-state index is 9.21. The van der Waals surface area contributed by atoms with Gasteiger partial charge in [0.05, 0.1) is 24.4 Å². The van der Waals surface area contributed by atoms with Crippen LogP contribution >= 0.6 is 0 Å². The molecule has 0 aromatic heterocycles. The fraction of sp³-hybridized carbons (Fsp3) is 1.00. The molecule has 0 amide bonds. The summed E-state index contributed by atoms with van der Waals surface area (Å²) in [4.78, 5) is 0. The monoisotopic (exact) mass is 178 g/mol. The van der Waals surface area contributed by atoms with Crippen molar-refractivity contribution >= 4 is 0 Å². The molecule has 74 valence electrons. The highest BCUT2D eigenvalue weighted by Crippen LogP contribution is 2.07. The fourth-order valence-electron chi connectivity index (χ4n) is 0.966. The second kappa shape index (κ2) is 5.48. The number of hydrogen-bond acceptors (Lipinski definition) is 4. The van der Waals surface area contributed by atoms with Gasteiger partial charge in [0.15, 0.2) is 0 Å². The van der Waals surface area contributed by atoms with Crippen molar-refractivity contribution in [3.05, 3.63) is 0 Å². The van der Waals surface area contributed by atoms with E-state index in [9.17, 15) is 5.11 Å². The van der Waals surface area contributed by atoms with Gasteiger partial charge in [0.1, 0.15) is 0 Å². The summed E-state index contributed by atoms with van der Waals surface area (Å²) in [6.45, 7) is 3.03. The zero-order valence-electron chi connectivity index (χ0n) is 7.51. The molecular weight excluding hydrogens is 160 g/mol. The van der Waals surface area contributed by atoms with Crippen LogP contribution < -0.4 is 0 Å². The molecule has 0 aliphatic heterocycles. The predicted octanol–water partition coefficient (Wildman–Crippen LogP) is -0.750. The van der Waals surface area contributed by atoms with E-state index in [2.05, 4.69) is 0 Å². The van der Waals surface area contributed by atoms with Gasteiger partial charge >= 0.3 is 0 Å². The third kappa shape index (κ3) is 5.49. The van der Waals surface area contributed by atoms with Crippen LogP contribution in [0.4, 0.5) is 0 Å². The van der Waals surface area contributed by atoms with Gasteiger partial charge in [-0.2, -0.15) is 0 Å². The van der Waals surface area contributed by atoms with Gasteiger partial charge in [0, 0.05) is 6.42 Å². The van der Waals surface area contributed by atoms with Crippen molar-refractivity contribution in [3.8, 4) is 0 Å². The van der Waals surface area contributed by atoms with Crippen LogP contribution in [0.3, 0.4) is 0 Å². The maximum atomic E-state index is 9.21. The number of aliphatic hydroxyl groups excluding tert-OH is 4. The average molecular weight is 178 g/mol. The average Bonchev–Trinajstić information content (AvgIpc) is 1.84. The van der Waals surface area contributed by atoms with E-state index in [0.29, 0.717) is 0 Å². The molecule has 0 saturated carbocycles. The van der Waals surface area contributed by atoms with Gasteiger partial charge in [0.25, 0.3) is 0 Å². The summed E-state index contributed by atoms with van der Waals surface area (Å²) in [5.41, 5.74) is 0. The summed E-state index contributed by atoms with van der Waals surface area (Å²) < 4.78 is 0. The SMILES string of the molecule is CC(O)CC(O)CC(O)C(C)O. The van der Waals surface area contributed by atoms with Crippen LogP contribution in [0.5, 0.6) is 0 Å². The Morgan fingerprint density at radius 3 is 1.75 bits per heavy atom. The highest BCUT2D eigenvalue weighted by atomic mass is 16.3. The predicted molar refractivity (Wildman–Crippen MR) is 44.6 cm³/mol. The van der Waals surface area contributed by atoms with Crippen molar-refractivity contribution in [3.63, 3.8) is 0 Å². The normalized spacial score (nSPS) is 21.5. The summed E-state index contributed by atoms with van der Waals surface area (Å²) >= 11 is 0. The molecule has 0 aliphatic rings. The summed E-state index contributed by atoms with van der Waals surface area (Å²) in [7, 11) is 0. The summed E-state index contributed by atoms with van der Waals surface area (Å²) in [6.07, 6.45) is -2.77. The first-order valence-corrected chi connectivity index (χ1v) is 4.15. The van der Waals surface area contributed by atoms with Gasteiger partial charge in [-0.25, -0.2) is 0 Å². The van der Waals surface area contributed by atoms with Gasteiger partial charge in [-0.1, -0.05) is 0 Å². The zero-order chi connectivity index (χ0) is 9.72. The third-order valence-electron chi connectivity index (χ3n) is 1.68. The third-order valence-corrected chi connectivity index (χ3v) is 1.68. The molecule has 0 heterocycles. The molecule has 0 fully saturated rings. The van der Waals surface area contributed by atoms with E-state index >= 15 is 0 Å². The minimum atomic E-state index is -0.918. The molecule has 0 saturated heterocycles. The standard InChI is InChI=1S/C8H18O4/c1-5(9)3-7(11)4-8(12)6(2)10/h5-12H,3-4H2,1-2H3. The Labute approximate surface area is 72.5 Å². The molecule has 0 spiro atoms. The van der Waals surface area contributed by atoms with E-state index in [1.807, 2.05) is 0 Å². The first-order chi connectivity index (χ1) is 5.43. The van der Waals surface area contributed by atoms with Gasteiger partial charge in [-0.15, -0.1) is 0 Å². The molecule has 0 aromatic rings. The van der Waals surface area contributed by atoms with Crippen LogP contribution in [0.2, 0.25) is 0 Å². The van der Waals surface area contributed by atoms with Crippen molar-refractivity contribution in [1.82, 2.24) is 0 Å². The van der Waals surface area contributed by atoms with E-state index < -0.39 is 24.4 Å². The van der Waals surface area contributed by atoms with E-state index in [4.69, 9.17) is 15.3 Å². The van der Waals surface area contributed by atoms with Crippen LogP contribution in [-0.4, -0.2) is 44.8 Å². The minimum absolute atomic E-state index is 0.0998. The Morgan fingerprint density at radius 1 is 0.917 bits per heavy atom. The van der Waals surface area contributed by atoms with Crippen LogP contribution in [0.25, 0.3) is 0 Å². The molecule has 4 atom stereocenters. The van der Waals surface area contributed by atoms with Crippen LogP contribution in [-0.2, 0) is 0 Å². The summed E-state index contributed by atoms with van der Waals surface area (Å²) in [5, 5.41) is 36.1. The molecular formula is C8H18O4. The quantitative estimate of drug-likeness (QED) is 0.446. The van der Waals surface area contributed by atoms with E-state index in [-0.39, 0.29) is 12.8 Å². The Bertz CT molecular complexity index is 114. The van der Waals surface area contributed by atoms with Crippen molar-refractivity contribution in [2.45, 2.75) is 51.1 Å². The van der Waals surface area contributed by atoms with E-state index in [1.165, 1.54) is 6.92 Å². The second-order valence-electron chi connectivity index (χ2n) is 3.28. The molecule has 0 aromatic carbocycles. The van der Waals surface area contributed by atoms with Crippen LogP contribution in [0, 0.1) is 0 Å². The number of hydrogen-bond donors (Lipinski definition) is 4. The molecule has 0 bridgehead atoms. The molecule has 12 heavy (non-hydrogen) atoms. The topological polar surface area (TPSA) is 80.9 Å². The lowest BCUT2D eigenvalue weighted by Crippen LogP contribution is -2.29. The Morgan fingerprint density at radius 2 is 1.42 bits per heavy atom. The second-order valence-corrected chi connectivity index (χ2v) is 3.28. The molecule has 4 N–H and O–H groups in total. The number of aliphatic hydroxyl groups is 4. The molecule has 0 radical (unpaired) electrons. The Balaban J connectivity index is 3.61. The van der Waals surface area contributed by atoms with Crippen molar-refractivity contribution in [2.75, 3.05) is 0 Å². The van der Waals surface area contributed by atoms with Crippen molar-refractivity contribution in [2.24, 2.45) is 0 Å². The lowest BCUT2D eigenvalue weighted by atomic mass is 10.0. The molecule has 4 heteroatoms. The Kier molecular flexibility index (Phi) is 5.41. The van der Waals surface area contributed by atoms with Crippen LogP contribution in [0.1, 0.15) is 26.7 Å². The first kappa shape index (κ1) is 11.8. The Hall–Kier alpha value is -0.160. The minimum Gasteiger partial charge on any atom is -0.393 e. The highest BCUT2D eigenvalue weighted by Gasteiger charge is 2.17. The molecule has 0 aliphatic carbocycles. The van der Waals surface area contributed by atoms with Crippen molar-refractivity contribution in [1.29, 1.82) is 0 Å². The lowest BCUT2D eigenvalue weighted by molar-refractivity contribution is -0.0131. The van der Waals surface area contributed by atoms with E-state index in [0.717, 1.165) is 0 Å². The molecule has 4 unspecified atom stereocenters. The maximum Gasteiger partial charge on any atom is 0.0821 e. The van der Waals surface area contributed by atoms with E-state index in [1.54, 1.807) is 6.92 Å². The summed E-state index contributed by atoms with van der Waals surface area (Å²) in [5.74, 6) is 0. The smallest absolute Gasteiger partial charge is 0.0821 e. The fourth-order valence-corrected chi connectivity index (χ4v) is 0.966. The van der Waals surface area contributed by atoms with Crippen LogP contribution in [0.15, 0.2) is 0 Å². The van der Waals surface area contributed by atoms with Crippen molar-refractivity contribution < 1.29 is 20.4 Å². The van der Waals surface area contributed by atoms with Gasteiger partial charge < -0.3 is 20.4 Å². The van der Waals surface area contributed by atoms with Gasteiger partial charge in [-0.3, -0.25) is 0 Å². The first-order valence-electron chi connectivity index (χ1n) is 4.15. The van der Waals surface area contributed by atoms with Gasteiger partial charge in [0.2, 0.25) is 0 Å². The molecule has 4 nitrogen and oxygen atoms in total. The highest BCUT2D eigenvalue weighted by molar-refractivity contribution is 4.69.